The molecule has 2 heterocycles. The summed E-state index contributed by atoms with van der Waals surface area (Å²) in [7, 11) is -3.68. The molecule has 100 valence electrons. The summed E-state index contributed by atoms with van der Waals surface area (Å²) in [5.74, 6) is -0.151. The summed E-state index contributed by atoms with van der Waals surface area (Å²) in [5.41, 5.74) is 0. The molecule has 1 amide bonds. The molecule has 5 nitrogen and oxygen atoms in total. The molecule has 1 aromatic rings. The highest BCUT2D eigenvalue weighted by Gasteiger charge is 2.29. The monoisotopic (exact) mass is 328 g/mol. The fourth-order valence-electron chi connectivity index (χ4n) is 1.63. The van der Waals surface area contributed by atoms with Crippen molar-refractivity contribution < 1.29 is 13.2 Å². The largest absolute Gasteiger partial charge is 0.355 e. The number of carbonyl (C=O) groups is 1. The summed E-state index contributed by atoms with van der Waals surface area (Å²) >= 11 is 12.6. The Hall–Kier alpha value is -0.340. The Kier molecular flexibility index (Phi) is 4.18. The van der Waals surface area contributed by atoms with Gasteiger partial charge >= 0.3 is 0 Å². The summed E-state index contributed by atoms with van der Waals surface area (Å²) < 4.78 is 26.4. The predicted octanol–water partition coefficient (Wildman–Crippen LogP) is 1.57. The fourth-order valence-corrected chi connectivity index (χ4v) is 5.18. The second kappa shape index (κ2) is 5.34. The quantitative estimate of drug-likeness (QED) is 0.896. The molecule has 0 bridgehead atoms. The summed E-state index contributed by atoms with van der Waals surface area (Å²) in [6.07, 6.45) is 0.148. The number of thiophene rings is 1. The van der Waals surface area contributed by atoms with E-state index in [2.05, 4.69) is 5.32 Å². The van der Waals surface area contributed by atoms with Crippen LogP contribution in [0.15, 0.2) is 11.0 Å². The van der Waals surface area contributed by atoms with Crippen molar-refractivity contribution in [3.05, 3.63) is 14.7 Å². The molecule has 2 rings (SSSR count). The molecule has 0 atom stereocenters. The highest BCUT2D eigenvalue weighted by molar-refractivity contribution is 7.89. The van der Waals surface area contributed by atoms with Gasteiger partial charge < -0.3 is 5.32 Å². The molecule has 1 fully saturated rings. The lowest BCUT2D eigenvalue weighted by Crippen LogP contribution is -2.34. The van der Waals surface area contributed by atoms with Gasteiger partial charge in [-0.3, -0.25) is 4.79 Å². The van der Waals surface area contributed by atoms with Gasteiger partial charge in [-0.15, -0.1) is 11.3 Å². The first kappa shape index (κ1) is 14.1. The number of rotatable bonds is 2. The number of halogens is 2. The third kappa shape index (κ3) is 2.80. The van der Waals surface area contributed by atoms with Crippen LogP contribution in [0.2, 0.25) is 8.67 Å². The van der Waals surface area contributed by atoms with Gasteiger partial charge in [-0.05, 0) is 6.07 Å². The lowest BCUT2D eigenvalue weighted by Gasteiger charge is -2.18. The number of hydrogen-bond acceptors (Lipinski definition) is 4. The molecular formula is C9H10Cl2N2O3S2. The molecule has 0 spiro atoms. The number of sulfonamides is 1. The predicted molar refractivity (Wildman–Crippen MR) is 70.7 cm³/mol. The normalized spacial score (nSPS) is 18.4. The lowest BCUT2D eigenvalue weighted by molar-refractivity contribution is -0.120. The zero-order valence-corrected chi connectivity index (χ0v) is 12.3. The van der Waals surface area contributed by atoms with Gasteiger partial charge in [0.05, 0.1) is 4.34 Å². The van der Waals surface area contributed by atoms with Crippen molar-refractivity contribution >= 4 is 50.5 Å². The maximum absolute atomic E-state index is 12.3. The average molecular weight is 329 g/mol. The van der Waals surface area contributed by atoms with Gasteiger partial charge in [0.25, 0.3) is 0 Å². The van der Waals surface area contributed by atoms with Gasteiger partial charge in [-0.25, -0.2) is 8.42 Å². The fraction of sp³-hybridized carbons (Fsp3) is 0.444. The zero-order chi connectivity index (χ0) is 13.3. The maximum atomic E-state index is 12.3. The molecule has 1 saturated heterocycles. The highest BCUT2D eigenvalue weighted by atomic mass is 35.5. The SMILES string of the molecule is O=C1CCN(S(=O)(=O)c2cc(Cl)sc2Cl)CCN1. The molecular weight excluding hydrogens is 319 g/mol. The molecule has 0 saturated carbocycles. The molecule has 0 aliphatic carbocycles. The molecule has 1 N–H and O–H groups in total. The van der Waals surface area contributed by atoms with Crippen molar-refractivity contribution in [2.24, 2.45) is 0 Å². The topological polar surface area (TPSA) is 66.5 Å². The number of nitrogens with one attached hydrogen (secondary N) is 1. The molecule has 0 aromatic carbocycles. The zero-order valence-electron chi connectivity index (χ0n) is 9.15. The highest BCUT2D eigenvalue weighted by Crippen LogP contribution is 2.35. The van der Waals surface area contributed by atoms with Gasteiger partial charge in [-0.1, -0.05) is 23.2 Å². The number of amides is 1. The van der Waals surface area contributed by atoms with Crippen LogP contribution in [-0.2, 0) is 14.8 Å². The minimum absolute atomic E-state index is 0.00788. The maximum Gasteiger partial charge on any atom is 0.245 e. The van der Waals surface area contributed by atoms with E-state index in [1.54, 1.807) is 0 Å². The van der Waals surface area contributed by atoms with Crippen LogP contribution >= 0.6 is 34.5 Å². The van der Waals surface area contributed by atoms with E-state index < -0.39 is 10.0 Å². The Labute approximate surface area is 119 Å². The summed E-state index contributed by atoms with van der Waals surface area (Å²) in [6.45, 7) is 0.684. The van der Waals surface area contributed by atoms with Crippen LogP contribution in [-0.4, -0.2) is 38.3 Å². The average Bonchev–Trinajstić information content (AvgIpc) is 2.49. The van der Waals surface area contributed by atoms with Crippen LogP contribution in [0.1, 0.15) is 6.42 Å². The van der Waals surface area contributed by atoms with E-state index in [0.29, 0.717) is 10.9 Å². The van der Waals surface area contributed by atoms with Gasteiger partial charge in [0, 0.05) is 26.1 Å². The van der Waals surface area contributed by atoms with E-state index >= 15 is 0 Å². The van der Waals surface area contributed by atoms with Gasteiger partial charge in [0.1, 0.15) is 9.23 Å². The molecule has 0 radical (unpaired) electrons. The molecule has 1 aliphatic rings. The van der Waals surface area contributed by atoms with Crippen LogP contribution in [0.4, 0.5) is 0 Å². The molecule has 0 unspecified atom stereocenters. The van der Waals surface area contributed by atoms with E-state index in [0.717, 1.165) is 11.3 Å². The minimum Gasteiger partial charge on any atom is -0.355 e. The molecule has 1 aromatic heterocycles. The van der Waals surface area contributed by atoms with Crippen molar-refractivity contribution in [1.82, 2.24) is 9.62 Å². The number of carbonyl (C=O) groups excluding carboxylic acids is 1. The van der Waals surface area contributed by atoms with E-state index in [4.69, 9.17) is 23.2 Å². The number of hydrogen-bond donors (Lipinski definition) is 1. The van der Waals surface area contributed by atoms with Crippen LogP contribution in [0.25, 0.3) is 0 Å². The van der Waals surface area contributed by atoms with Crippen molar-refractivity contribution in [2.75, 3.05) is 19.6 Å². The van der Waals surface area contributed by atoms with Crippen LogP contribution in [0, 0.1) is 0 Å². The molecule has 1 aliphatic heterocycles. The first-order valence-electron chi connectivity index (χ1n) is 5.13. The molecule has 18 heavy (non-hydrogen) atoms. The van der Waals surface area contributed by atoms with E-state index in [9.17, 15) is 13.2 Å². The Morgan fingerprint density at radius 1 is 1.33 bits per heavy atom. The van der Waals surface area contributed by atoms with Gasteiger partial charge in [0.15, 0.2) is 0 Å². The van der Waals surface area contributed by atoms with Gasteiger partial charge in [-0.2, -0.15) is 4.31 Å². The Morgan fingerprint density at radius 3 is 2.67 bits per heavy atom. The van der Waals surface area contributed by atoms with Crippen molar-refractivity contribution in [1.29, 1.82) is 0 Å². The van der Waals surface area contributed by atoms with Crippen LogP contribution in [0.3, 0.4) is 0 Å². The van der Waals surface area contributed by atoms with E-state index in [1.165, 1.54) is 10.4 Å². The van der Waals surface area contributed by atoms with Crippen LogP contribution in [0.5, 0.6) is 0 Å². The third-order valence-electron chi connectivity index (χ3n) is 2.51. The summed E-state index contributed by atoms with van der Waals surface area (Å²) in [4.78, 5) is 11.2. The first-order valence-corrected chi connectivity index (χ1v) is 8.14. The van der Waals surface area contributed by atoms with Crippen molar-refractivity contribution in [3.63, 3.8) is 0 Å². The second-order valence-electron chi connectivity index (χ2n) is 3.69. The van der Waals surface area contributed by atoms with Crippen LogP contribution < -0.4 is 5.32 Å². The standard InChI is InChI=1S/C9H10Cl2N2O3S2/c10-7-5-6(9(11)17-7)18(15,16)13-3-1-8(14)12-2-4-13/h5H,1-4H2,(H,12,14). The van der Waals surface area contributed by atoms with Crippen molar-refractivity contribution in [2.45, 2.75) is 11.3 Å². The number of nitrogens with zero attached hydrogens (tertiary/aromatic N) is 1. The van der Waals surface area contributed by atoms with E-state index in [-0.39, 0.29) is 34.6 Å². The Balaban J connectivity index is 2.30. The van der Waals surface area contributed by atoms with E-state index in [1.807, 2.05) is 0 Å². The lowest BCUT2D eigenvalue weighted by atomic mass is 10.4. The summed E-state index contributed by atoms with van der Waals surface area (Å²) in [6, 6.07) is 1.34. The molecule has 9 heteroatoms. The minimum atomic E-state index is -3.68. The third-order valence-corrected chi connectivity index (χ3v) is 6.17. The Morgan fingerprint density at radius 2 is 2.06 bits per heavy atom. The smallest absolute Gasteiger partial charge is 0.245 e. The first-order chi connectivity index (χ1) is 8.41. The Bertz CT molecular complexity index is 570. The van der Waals surface area contributed by atoms with Gasteiger partial charge in [0.2, 0.25) is 15.9 Å². The summed E-state index contributed by atoms with van der Waals surface area (Å²) in [5, 5.41) is 2.62. The van der Waals surface area contributed by atoms with Crippen molar-refractivity contribution in [3.8, 4) is 0 Å². The second-order valence-corrected chi connectivity index (χ2v) is 7.88.